The standard InChI is InChI=1S/C29H17N5O2S2/c35-26(33-28-31-24-18-8-3-1-6-16(18)12-14-22(24)37-28)20-10-5-11-21(30-20)27(36)34-29-32-25-19-9-4-2-7-17(19)13-15-23(25)38-29/h1-15H,(H,31,33,35)(H,32,34,36). The molecule has 0 aliphatic rings. The van der Waals surface area contributed by atoms with Crippen molar-refractivity contribution in [3.63, 3.8) is 0 Å². The molecule has 4 aromatic carbocycles. The summed E-state index contributed by atoms with van der Waals surface area (Å²) in [5.41, 5.74) is 1.93. The fraction of sp³-hybridized carbons (Fsp3) is 0. The number of amides is 2. The van der Waals surface area contributed by atoms with Gasteiger partial charge in [-0.25, -0.2) is 15.0 Å². The number of nitrogens with zero attached hydrogens (tertiary/aromatic N) is 3. The van der Waals surface area contributed by atoms with Crippen LogP contribution in [-0.2, 0) is 0 Å². The molecule has 0 unspecified atom stereocenters. The quantitative estimate of drug-likeness (QED) is 0.252. The molecule has 0 spiro atoms. The molecule has 0 bridgehead atoms. The van der Waals surface area contributed by atoms with Crippen molar-refractivity contribution in [2.24, 2.45) is 0 Å². The number of thiazole rings is 2. The molecule has 7 rings (SSSR count). The van der Waals surface area contributed by atoms with Crippen molar-refractivity contribution in [2.75, 3.05) is 10.6 Å². The maximum atomic E-state index is 13.0. The Hall–Kier alpha value is -4.73. The zero-order valence-corrected chi connectivity index (χ0v) is 21.3. The largest absolute Gasteiger partial charge is 0.296 e. The SMILES string of the molecule is O=C(Nc1nc2c(ccc3ccccc32)s1)c1cccc(C(=O)Nc2nc3c(ccc4ccccc43)s2)n1. The molecule has 0 saturated heterocycles. The van der Waals surface area contributed by atoms with Crippen molar-refractivity contribution in [3.05, 3.63) is 102 Å². The number of carbonyl (C=O) groups is 2. The summed E-state index contributed by atoms with van der Waals surface area (Å²) in [7, 11) is 0. The van der Waals surface area contributed by atoms with Crippen molar-refractivity contribution < 1.29 is 9.59 Å². The van der Waals surface area contributed by atoms with Crippen LogP contribution in [0.3, 0.4) is 0 Å². The molecule has 38 heavy (non-hydrogen) atoms. The van der Waals surface area contributed by atoms with E-state index in [2.05, 4.69) is 25.6 Å². The summed E-state index contributed by atoms with van der Waals surface area (Å²) in [4.78, 5) is 39.5. The average molecular weight is 532 g/mol. The second-order valence-corrected chi connectivity index (χ2v) is 10.7. The minimum Gasteiger partial charge on any atom is -0.296 e. The van der Waals surface area contributed by atoms with Gasteiger partial charge in [-0.1, -0.05) is 89.4 Å². The first kappa shape index (κ1) is 22.5. The van der Waals surface area contributed by atoms with E-state index in [9.17, 15) is 9.59 Å². The third-order valence-corrected chi connectivity index (χ3v) is 8.09. The van der Waals surface area contributed by atoms with Gasteiger partial charge in [-0.05, 0) is 35.0 Å². The van der Waals surface area contributed by atoms with Gasteiger partial charge in [-0.15, -0.1) is 0 Å². The number of hydrogen-bond donors (Lipinski definition) is 2. The summed E-state index contributed by atoms with van der Waals surface area (Å²) >= 11 is 2.79. The van der Waals surface area contributed by atoms with Crippen LogP contribution in [-0.4, -0.2) is 26.8 Å². The van der Waals surface area contributed by atoms with Crippen LogP contribution in [0.5, 0.6) is 0 Å². The number of benzene rings is 4. The molecule has 7 aromatic rings. The Bertz CT molecular complexity index is 1900. The maximum Gasteiger partial charge on any atom is 0.276 e. The average Bonchev–Trinajstić information content (AvgIpc) is 3.56. The summed E-state index contributed by atoms with van der Waals surface area (Å²) in [5.74, 6) is -0.871. The molecule has 9 heteroatoms. The van der Waals surface area contributed by atoms with E-state index in [0.29, 0.717) is 10.3 Å². The lowest BCUT2D eigenvalue weighted by molar-refractivity contribution is 0.101. The van der Waals surface area contributed by atoms with E-state index in [-0.39, 0.29) is 11.4 Å². The molecule has 3 aromatic heterocycles. The molecule has 0 aliphatic carbocycles. The Balaban J connectivity index is 1.12. The molecule has 0 radical (unpaired) electrons. The van der Waals surface area contributed by atoms with Crippen LogP contribution in [0.1, 0.15) is 21.0 Å². The fourth-order valence-corrected chi connectivity index (χ4v) is 6.19. The molecular weight excluding hydrogens is 514 g/mol. The third-order valence-electron chi connectivity index (χ3n) is 6.22. The topological polar surface area (TPSA) is 96.9 Å². The maximum absolute atomic E-state index is 13.0. The monoisotopic (exact) mass is 531 g/mol. The van der Waals surface area contributed by atoms with Crippen molar-refractivity contribution >= 4 is 86.7 Å². The second kappa shape index (κ2) is 8.98. The summed E-state index contributed by atoms with van der Waals surface area (Å²) in [5, 5.41) is 10.8. The molecule has 2 N–H and O–H groups in total. The van der Waals surface area contributed by atoms with Crippen LogP contribution in [0, 0.1) is 0 Å². The lowest BCUT2D eigenvalue weighted by Crippen LogP contribution is -2.18. The molecule has 0 atom stereocenters. The van der Waals surface area contributed by atoms with E-state index in [0.717, 1.165) is 42.0 Å². The van der Waals surface area contributed by atoms with Gasteiger partial charge < -0.3 is 0 Å². The highest BCUT2D eigenvalue weighted by molar-refractivity contribution is 7.22. The van der Waals surface area contributed by atoms with E-state index >= 15 is 0 Å². The summed E-state index contributed by atoms with van der Waals surface area (Å²) in [6, 6.07) is 28.8. The van der Waals surface area contributed by atoms with Crippen LogP contribution >= 0.6 is 22.7 Å². The van der Waals surface area contributed by atoms with Gasteiger partial charge in [0.15, 0.2) is 10.3 Å². The van der Waals surface area contributed by atoms with E-state index in [4.69, 9.17) is 0 Å². The lowest BCUT2D eigenvalue weighted by Gasteiger charge is -2.04. The first-order valence-electron chi connectivity index (χ1n) is 11.8. The fourth-order valence-electron chi connectivity index (χ4n) is 4.44. The Labute approximate surface area is 223 Å². The first-order valence-corrected chi connectivity index (χ1v) is 13.4. The third kappa shape index (κ3) is 3.94. The Kier molecular flexibility index (Phi) is 5.31. The minimum atomic E-state index is -0.436. The van der Waals surface area contributed by atoms with E-state index in [1.165, 1.54) is 22.7 Å². The number of nitrogens with one attached hydrogen (secondary N) is 2. The zero-order chi connectivity index (χ0) is 25.6. The first-order chi connectivity index (χ1) is 18.6. The van der Waals surface area contributed by atoms with Crippen molar-refractivity contribution in [3.8, 4) is 0 Å². The van der Waals surface area contributed by atoms with Crippen molar-refractivity contribution in [1.82, 2.24) is 15.0 Å². The van der Waals surface area contributed by atoms with Gasteiger partial charge >= 0.3 is 0 Å². The number of anilines is 2. The van der Waals surface area contributed by atoms with Crippen LogP contribution < -0.4 is 10.6 Å². The Morgan fingerprint density at radius 2 is 1.00 bits per heavy atom. The lowest BCUT2D eigenvalue weighted by atomic mass is 10.1. The molecule has 2 amide bonds. The Morgan fingerprint density at radius 1 is 0.526 bits per heavy atom. The predicted octanol–water partition coefficient (Wildman–Crippen LogP) is 7.11. The van der Waals surface area contributed by atoms with Crippen LogP contribution in [0.4, 0.5) is 10.3 Å². The van der Waals surface area contributed by atoms with Gasteiger partial charge in [0.1, 0.15) is 11.4 Å². The highest BCUT2D eigenvalue weighted by Crippen LogP contribution is 2.33. The number of hydrogen-bond acceptors (Lipinski definition) is 7. The Morgan fingerprint density at radius 3 is 1.50 bits per heavy atom. The zero-order valence-electron chi connectivity index (χ0n) is 19.6. The number of carbonyl (C=O) groups excluding carboxylic acids is 2. The summed E-state index contributed by atoms with van der Waals surface area (Å²) in [6.07, 6.45) is 0. The van der Waals surface area contributed by atoms with E-state index < -0.39 is 11.8 Å². The van der Waals surface area contributed by atoms with Crippen molar-refractivity contribution in [1.29, 1.82) is 0 Å². The number of rotatable bonds is 4. The van der Waals surface area contributed by atoms with Gasteiger partial charge in [0, 0.05) is 10.8 Å². The van der Waals surface area contributed by atoms with Gasteiger partial charge in [0.25, 0.3) is 11.8 Å². The van der Waals surface area contributed by atoms with Gasteiger partial charge in [0.05, 0.1) is 20.4 Å². The molecule has 0 saturated carbocycles. The smallest absolute Gasteiger partial charge is 0.276 e. The van der Waals surface area contributed by atoms with Crippen LogP contribution in [0.15, 0.2) is 91.0 Å². The molecule has 7 nitrogen and oxygen atoms in total. The number of pyridine rings is 1. The van der Waals surface area contributed by atoms with Gasteiger partial charge in [-0.2, -0.15) is 0 Å². The second-order valence-electron chi connectivity index (χ2n) is 8.62. The number of aromatic nitrogens is 3. The van der Waals surface area contributed by atoms with Gasteiger partial charge in [-0.3, -0.25) is 20.2 Å². The summed E-state index contributed by atoms with van der Waals surface area (Å²) < 4.78 is 1.95. The highest BCUT2D eigenvalue weighted by Gasteiger charge is 2.17. The molecule has 0 aliphatic heterocycles. The van der Waals surface area contributed by atoms with Gasteiger partial charge in [0.2, 0.25) is 0 Å². The van der Waals surface area contributed by atoms with E-state index in [1.54, 1.807) is 18.2 Å². The normalized spacial score (nSPS) is 11.4. The summed E-state index contributed by atoms with van der Waals surface area (Å²) in [6.45, 7) is 0. The molecule has 182 valence electrons. The van der Waals surface area contributed by atoms with Crippen LogP contribution in [0.25, 0.3) is 42.0 Å². The highest BCUT2D eigenvalue weighted by atomic mass is 32.1. The van der Waals surface area contributed by atoms with Crippen LogP contribution in [0.2, 0.25) is 0 Å². The van der Waals surface area contributed by atoms with Crippen molar-refractivity contribution in [2.45, 2.75) is 0 Å². The molecule has 3 heterocycles. The molecular formula is C29H17N5O2S2. The van der Waals surface area contributed by atoms with E-state index in [1.807, 2.05) is 72.8 Å². The predicted molar refractivity (Wildman–Crippen MR) is 154 cm³/mol. The molecule has 0 fully saturated rings. The minimum absolute atomic E-state index is 0.122. The number of fused-ring (bicyclic) bond motifs is 6.